The van der Waals surface area contributed by atoms with Gasteiger partial charge in [-0.3, -0.25) is 4.79 Å². The number of anilines is 1. The van der Waals surface area contributed by atoms with E-state index in [4.69, 9.17) is 0 Å². The van der Waals surface area contributed by atoms with Crippen molar-refractivity contribution in [1.29, 1.82) is 0 Å². The van der Waals surface area contributed by atoms with E-state index in [2.05, 4.69) is 46.8 Å². The van der Waals surface area contributed by atoms with Gasteiger partial charge in [0.25, 0.3) is 0 Å². The van der Waals surface area contributed by atoms with E-state index in [1.54, 1.807) is 11.3 Å². The predicted octanol–water partition coefficient (Wildman–Crippen LogP) is 3.14. The maximum atomic E-state index is 12.3. The van der Waals surface area contributed by atoms with Gasteiger partial charge in [-0.05, 0) is 38.4 Å². The van der Waals surface area contributed by atoms with E-state index in [0.29, 0.717) is 11.0 Å². The Morgan fingerprint density at radius 2 is 2.04 bits per heavy atom. The van der Waals surface area contributed by atoms with Gasteiger partial charge in [0, 0.05) is 17.2 Å². The number of amides is 1. The molecule has 0 bridgehead atoms. The molecule has 0 radical (unpaired) electrons. The number of nitrogens with zero attached hydrogens (tertiary/aromatic N) is 1. The van der Waals surface area contributed by atoms with Crippen molar-refractivity contribution in [3.8, 4) is 0 Å². The number of carbonyl (C=O) groups excluding carboxylic acids is 1. The average Bonchev–Trinajstić information content (AvgIpc) is 2.79. The molecule has 2 N–H and O–H groups in total. The fraction of sp³-hybridized carbons (Fsp3) is 0.444. The maximum absolute atomic E-state index is 12.3. The van der Waals surface area contributed by atoms with Gasteiger partial charge in [0.1, 0.15) is 0 Å². The van der Waals surface area contributed by atoms with E-state index < -0.39 is 0 Å². The van der Waals surface area contributed by atoms with Crippen LogP contribution in [0.1, 0.15) is 28.6 Å². The second-order valence-corrected chi connectivity index (χ2v) is 7.47. The van der Waals surface area contributed by atoms with E-state index in [1.165, 1.54) is 16.0 Å². The Kier molecular flexibility index (Phi) is 4.78. The molecular weight excluding hydrogens is 306 g/mol. The second-order valence-electron chi connectivity index (χ2n) is 6.39. The quantitative estimate of drug-likeness (QED) is 0.886. The SMILES string of the molecule is Cc1ccc(Cc2sc(NC(=O)C(C)C3CNC3)nc2C)cc1. The molecule has 0 aliphatic carbocycles. The van der Waals surface area contributed by atoms with Gasteiger partial charge in [0.15, 0.2) is 5.13 Å². The van der Waals surface area contributed by atoms with Crippen LogP contribution in [0.3, 0.4) is 0 Å². The molecule has 5 heteroatoms. The third-order valence-electron chi connectivity index (χ3n) is 4.54. The third kappa shape index (κ3) is 3.79. The Labute approximate surface area is 141 Å². The fourth-order valence-electron chi connectivity index (χ4n) is 2.63. The van der Waals surface area contributed by atoms with Gasteiger partial charge < -0.3 is 10.6 Å². The van der Waals surface area contributed by atoms with Crippen molar-refractivity contribution >= 4 is 22.4 Å². The zero-order valence-corrected chi connectivity index (χ0v) is 14.7. The van der Waals surface area contributed by atoms with Gasteiger partial charge in [-0.1, -0.05) is 36.8 Å². The lowest BCUT2D eigenvalue weighted by atomic mass is 9.88. The molecule has 1 unspecified atom stereocenters. The van der Waals surface area contributed by atoms with Crippen molar-refractivity contribution in [1.82, 2.24) is 10.3 Å². The predicted molar refractivity (Wildman–Crippen MR) is 95.0 cm³/mol. The highest BCUT2D eigenvalue weighted by Gasteiger charge is 2.29. The Hall–Kier alpha value is -1.72. The average molecular weight is 329 g/mol. The largest absolute Gasteiger partial charge is 0.316 e. The fourth-order valence-corrected chi connectivity index (χ4v) is 3.63. The van der Waals surface area contributed by atoms with E-state index in [-0.39, 0.29) is 11.8 Å². The Bertz CT molecular complexity index is 689. The number of aromatic nitrogens is 1. The van der Waals surface area contributed by atoms with Gasteiger partial charge in [0.05, 0.1) is 5.69 Å². The molecule has 1 aliphatic rings. The molecule has 122 valence electrons. The first-order valence-corrected chi connectivity index (χ1v) is 8.88. The second kappa shape index (κ2) is 6.81. The molecule has 2 aromatic rings. The summed E-state index contributed by atoms with van der Waals surface area (Å²) in [6.07, 6.45) is 0.863. The van der Waals surface area contributed by atoms with E-state index >= 15 is 0 Å². The minimum Gasteiger partial charge on any atom is -0.316 e. The number of hydrogen-bond acceptors (Lipinski definition) is 4. The summed E-state index contributed by atoms with van der Waals surface area (Å²) < 4.78 is 0. The third-order valence-corrected chi connectivity index (χ3v) is 5.61. The van der Waals surface area contributed by atoms with Crippen molar-refractivity contribution in [2.45, 2.75) is 27.2 Å². The highest BCUT2D eigenvalue weighted by atomic mass is 32.1. The molecule has 0 spiro atoms. The first kappa shape index (κ1) is 16.1. The molecule has 4 nitrogen and oxygen atoms in total. The molecule has 1 aromatic carbocycles. The van der Waals surface area contributed by atoms with Crippen LogP contribution in [0, 0.1) is 25.7 Å². The Morgan fingerprint density at radius 3 is 2.65 bits per heavy atom. The molecule has 1 saturated heterocycles. The van der Waals surface area contributed by atoms with Gasteiger partial charge in [-0.2, -0.15) is 0 Å². The van der Waals surface area contributed by atoms with Crippen LogP contribution in [-0.2, 0) is 11.2 Å². The summed E-state index contributed by atoms with van der Waals surface area (Å²) in [6.45, 7) is 7.96. The standard InChI is InChI=1S/C18H23N3OS/c1-11-4-6-14(7-5-11)8-16-13(3)20-18(23-16)21-17(22)12(2)15-9-19-10-15/h4-7,12,15,19H,8-10H2,1-3H3,(H,20,21,22). The van der Waals surface area contributed by atoms with Crippen molar-refractivity contribution in [3.63, 3.8) is 0 Å². The Morgan fingerprint density at radius 1 is 1.35 bits per heavy atom. The van der Waals surface area contributed by atoms with Crippen LogP contribution < -0.4 is 10.6 Å². The minimum absolute atomic E-state index is 0.0287. The summed E-state index contributed by atoms with van der Waals surface area (Å²) in [5, 5.41) is 6.92. The number of rotatable bonds is 5. The monoisotopic (exact) mass is 329 g/mol. The van der Waals surface area contributed by atoms with Gasteiger partial charge in [-0.25, -0.2) is 4.98 Å². The number of benzene rings is 1. The number of aryl methyl sites for hydroxylation is 2. The zero-order valence-electron chi connectivity index (χ0n) is 13.8. The molecule has 23 heavy (non-hydrogen) atoms. The van der Waals surface area contributed by atoms with Crippen LogP contribution in [0.15, 0.2) is 24.3 Å². The first-order chi connectivity index (χ1) is 11.0. The summed E-state index contributed by atoms with van der Waals surface area (Å²) in [7, 11) is 0. The van der Waals surface area contributed by atoms with E-state index in [9.17, 15) is 4.79 Å². The van der Waals surface area contributed by atoms with Gasteiger partial charge in [0.2, 0.25) is 5.91 Å². The summed E-state index contributed by atoms with van der Waals surface area (Å²) in [4.78, 5) is 18.0. The molecule has 1 aliphatic heterocycles. The minimum atomic E-state index is 0.0287. The highest BCUT2D eigenvalue weighted by molar-refractivity contribution is 7.15. The van der Waals surface area contributed by atoms with Crippen LogP contribution in [0.25, 0.3) is 0 Å². The zero-order chi connectivity index (χ0) is 16.4. The molecule has 1 amide bonds. The number of hydrogen-bond donors (Lipinski definition) is 2. The number of carbonyl (C=O) groups is 1. The first-order valence-electron chi connectivity index (χ1n) is 8.06. The van der Waals surface area contributed by atoms with E-state index in [0.717, 1.165) is 25.2 Å². The van der Waals surface area contributed by atoms with Crippen molar-refractivity contribution in [3.05, 3.63) is 46.0 Å². The number of nitrogens with one attached hydrogen (secondary N) is 2. The summed E-state index contributed by atoms with van der Waals surface area (Å²) in [6, 6.07) is 8.56. The topological polar surface area (TPSA) is 54.0 Å². The van der Waals surface area contributed by atoms with Crippen molar-refractivity contribution in [2.24, 2.45) is 11.8 Å². The summed E-state index contributed by atoms with van der Waals surface area (Å²) in [5.74, 6) is 0.552. The van der Waals surface area contributed by atoms with Crippen LogP contribution >= 0.6 is 11.3 Å². The Balaban J connectivity index is 1.65. The van der Waals surface area contributed by atoms with Crippen LogP contribution in [0.5, 0.6) is 0 Å². The molecular formula is C18H23N3OS. The van der Waals surface area contributed by atoms with Crippen LogP contribution in [0.2, 0.25) is 0 Å². The summed E-state index contributed by atoms with van der Waals surface area (Å²) in [5.41, 5.74) is 3.54. The van der Waals surface area contributed by atoms with Gasteiger partial charge in [-0.15, -0.1) is 11.3 Å². The molecule has 2 heterocycles. The number of thiazole rings is 1. The highest BCUT2D eigenvalue weighted by Crippen LogP contribution is 2.26. The molecule has 1 aromatic heterocycles. The lowest BCUT2D eigenvalue weighted by Crippen LogP contribution is -2.48. The smallest absolute Gasteiger partial charge is 0.229 e. The molecule has 3 rings (SSSR count). The lowest BCUT2D eigenvalue weighted by molar-refractivity contribution is -0.121. The molecule has 0 saturated carbocycles. The summed E-state index contributed by atoms with van der Waals surface area (Å²) >= 11 is 1.58. The lowest BCUT2D eigenvalue weighted by Gasteiger charge is -2.31. The molecule has 1 fully saturated rings. The normalized spacial score (nSPS) is 16.0. The maximum Gasteiger partial charge on any atom is 0.229 e. The molecule has 1 atom stereocenters. The van der Waals surface area contributed by atoms with Crippen LogP contribution in [0.4, 0.5) is 5.13 Å². The van der Waals surface area contributed by atoms with E-state index in [1.807, 2.05) is 13.8 Å². The van der Waals surface area contributed by atoms with Gasteiger partial charge >= 0.3 is 0 Å². The van der Waals surface area contributed by atoms with Crippen molar-refractivity contribution < 1.29 is 4.79 Å². The van der Waals surface area contributed by atoms with Crippen molar-refractivity contribution in [2.75, 3.05) is 18.4 Å². The van der Waals surface area contributed by atoms with Crippen LogP contribution in [-0.4, -0.2) is 24.0 Å².